The molecule has 1 atom stereocenters. The van der Waals surface area contributed by atoms with E-state index in [0.29, 0.717) is 18.8 Å². The molecule has 0 bridgehead atoms. The van der Waals surface area contributed by atoms with Crippen molar-refractivity contribution in [2.75, 3.05) is 13.1 Å². The van der Waals surface area contributed by atoms with Gasteiger partial charge in [-0.3, -0.25) is 9.78 Å². The molecule has 30 heavy (non-hydrogen) atoms. The van der Waals surface area contributed by atoms with Gasteiger partial charge in [-0.25, -0.2) is 4.98 Å². The van der Waals surface area contributed by atoms with Crippen molar-refractivity contribution in [3.05, 3.63) is 83.3 Å². The lowest BCUT2D eigenvalue weighted by atomic mass is 10.1. The van der Waals surface area contributed by atoms with Gasteiger partial charge in [0.2, 0.25) is 0 Å². The Morgan fingerprint density at radius 3 is 2.77 bits per heavy atom. The summed E-state index contributed by atoms with van der Waals surface area (Å²) in [4.78, 5) is 23.8. The average molecular weight is 392 g/mol. The Hall–Kier alpha value is -3.78. The van der Waals surface area contributed by atoms with Crippen LogP contribution in [0.25, 0.3) is 22.9 Å². The van der Waals surface area contributed by atoms with E-state index in [-0.39, 0.29) is 11.8 Å². The standard InChI is InChI=1S/C25H20N4O/c26-14-17-9-10-29(16-17)25(30)23-8-4-7-22(28-23)21-12-20-11-19(13-24(20)27-15-21)18-5-2-1-3-6-18/h1-8,11-12,15,17H,9-10,13,16H2/t17-/m0/s1. The number of nitriles is 1. The Balaban J connectivity index is 1.41. The fraction of sp³-hybridized carbons (Fsp3) is 0.200. The van der Waals surface area contributed by atoms with Gasteiger partial charge >= 0.3 is 0 Å². The molecule has 5 rings (SSSR count). The van der Waals surface area contributed by atoms with E-state index in [0.717, 1.165) is 35.4 Å². The van der Waals surface area contributed by atoms with Crippen LogP contribution >= 0.6 is 0 Å². The molecule has 1 aromatic carbocycles. The summed E-state index contributed by atoms with van der Waals surface area (Å²) in [6, 6.07) is 20.2. The lowest BCUT2D eigenvalue weighted by Gasteiger charge is -2.15. The molecule has 1 saturated heterocycles. The molecule has 1 aliphatic carbocycles. The van der Waals surface area contributed by atoms with Crippen molar-refractivity contribution in [3.8, 4) is 17.3 Å². The molecular formula is C25H20N4O. The molecule has 0 unspecified atom stereocenters. The third-order valence-corrected chi connectivity index (χ3v) is 5.76. The summed E-state index contributed by atoms with van der Waals surface area (Å²) >= 11 is 0. The smallest absolute Gasteiger partial charge is 0.272 e. The number of benzene rings is 1. The molecule has 0 saturated carbocycles. The summed E-state index contributed by atoms with van der Waals surface area (Å²) in [6.07, 6.45) is 5.56. The number of nitrogens with zero attached hydrogens (tertiary/aromatic N) is 4. The van der Waals surface area contributed by atoms with Crippen LogP contribution in [0.15, 0.2) is 60.8 Å². The number of amides is 1. The minimum absolute atomic E-state index is 0.0800. The van der Waals surface area contributed by atoms with E-state index in [1.807, 2.05) is 36.5 Å². The Morgan fingerprint density at radius 2 is 1.97 bits per heavy atom. The Labute approximate surface area is 175 Å². The number of hydrogen-bond donors (Lipinski definition) is 0. The fourth-order valence-corrected chi connectivity index (χ4v) is 4.11. The van der Waals surface area contributed by atoms with Gasteiger partial charge < -0.3 is 4.90 Å². The normalized spacial score (nSPS) is 17.4. The highest BCUT2D eigenvalue weighted by atomic mass is 16.2. The van der Waals surface area contributed by atoms with E-state index in [2.05, 4.69) is 40.3 Å². The number of carbonyl (C=O) groups excluding carboxylic acids is 1. The molecule has 2 aliphatic rings. The van der Waals surface area contributed by atoms with Crippen LogP contribution in [0, 0.1) is 17.2 Å². The quantitative estimate of drug-likeness (QED) is 0.669. The van der Waals surface area contributed by atoms with Crippen molar-refractivity contribution >= 4 is 17.6 Å². The number of aromatic nitrogens is 2. The zero-order valence-electron chi connectivity index (χ0n) is 16.5. The highest BCUT2D eigenvalue weighted by Crippen LogP contribution is 2.32. The molecule has 2 aromatic heterocycles. The van der Waals surface area contributed by atoms with Gasteiger partial charge in [0.25, 0.3) is 5.91 Å². The van der Waals surface area contributed by atoms with Gasteiger partial charge in [-0.15, -0.1) is 0 Å². The molecule has 0 spiro atoms. The number of likely N-dealkylation sites (tertiary alicyclic amines) is 1. The Bertz CT molecular complexity index is 1190. The molecule has 1 fully saturated rings. The van der Waals surface area contributed by atoms with E-state index in [1.54, 1.807) is 11.0 Å². The van der Waals surface area contributed by atoms with Crippen LogP contribution in [-0.4, -0.2) is 33.9 Å². The maximum Gasteiger partial charge on any atom is 0.272 e. The summed E-state index contributed by atoms with van der Waals surface area (Å²) in [5, 5.41) is 9.08. The predicted octanol–water partition coefficient (Wildman–Crippen LogP) is 4.23. The molecule has 3 aromatic rings. The van der Waals surface area contributed by atoms with E-state index in [9.17, 15) is 4.79 Å². The lowest BCUT2D eigenvalue weighted by molar-refractivity contribution is 0.0784. The summed E-state index contributed by atoms with van der Waals surface area (Å²) < 4.78 is 0. The van der Waals surface area contributed by atoms with Gasteiger partial charge in [-0.2, -0.15) is 5.26 Å². The second kappa shape index (κ2) is 7.57. The van der Waals surface area contributed by atoms with E-state index >= 15 is 0 Å². The molecule has 0 radical (unpaired) electrons. The van der Waals surface area contributed by atoms with Crippen molar-refractivity contribution in [2.45, 2.75) is 12.8 Å². The lowest BCUT2D eigenvalue weighted by Crippen LogP contribution is -2.29. The highest BCUT2D eigenvalue weighted by molar-refractivity contribution is 5.93. The van der Waals surface area contributed by atoms with Crippen LogP contribution in [0.1, 0.15) is 33.7 Å². The maximum atomic E-state index is 12.8. The van der Waals surface area contributed by atoms with Crippen LogP contribution in [0.3, 0.4) is 0 Å². The minimum Gasteiger partial charge on any atom is -0.336 e. The molecule has 0 N–H and O–H groups in total. The largest absolute Gasteiger partial charge is 0.336 e. The first-order chi connectivity index (χ1) is 14.7. The molecule has 1 aliphatic heterocycles. The number of allylic oxidation sites excluding steroid dienone is 1. The number of rotatable bonds is 3. The molecular weight excluding hydrogens is 372 g/mol. The van der Waals surface area contributed by atoms with E-state index in [4.69, 9.17) is 5.26 Å². The monoisotopic (exact) mass is 392 g/mol. The zero-order valence-corrected chi connectivity index (χ0v) is 16.5. The number of fused-ring (bicyclic) bond motifs is 1. The summed E-state index contributed by atoms with van der Waals surface area (Å²) in [7, 11) is 0. The Morgan fingerprint density at radius 1 is 1.10 bits per heavy atom. The Kier molecular flexibility index (Phi) is 4.61. The number of hydrogen-bond acceptors (Lipinski definition) is 4. The van der Waals surface area contributed by atoms with Crippen LogP contribution < -0.4 is 0 Å². The van der Waals surface area contributed by atoms with Crippen LogP contribution in [0.5, 0.6) is 0 Å². The first kappa shape index (κ1) is 18.3. The third-order valence-electron chi connectivity index (χ3n) is 5.76. The summed E-state index contributed by atoms with van der Waals surface area (Å²) in [5.41, 5.74) is 6.66. The second-order valence-electron chi connectivity index (χ2n) is 7.75. The first-order valence-corrected chi connectivity index (χ1v) is 10.1. The van der Waals surface area contributed by atoms with Gasteiger partial charge in [0, 0.05) is 31.3 Å². The van der Waals surface area contributed by atoms with Gasteiger partial charge in [0.05, 0.1) is 23.4 Å². The van der Waals surface area contributed by atoms with Crippen molar-refractivity contribution in [2.24, 2.45) is 5.92 Å². The van der Waals surface area contributed by atoms with Crippen molar-refractivity contribution in [1.29, 1.82) is 5.26 Å². The van der Waals surface area contributed by atoms with Crippen LogP contribution in [-0.2, 0) is 6.42 Å². The molecule has 146 valence electrons. The molecule has 3 heterocycles. The topological polar surface area (TPSA) is 69.9 Å². The highest BCUT2D eigenvalue weighted by Gasteiger charge is 2.27. The summed E-state index contributed by atoms with van der Waals surface area (Å²) in [6.45, 7) is 1.09. The molecule has 5 heteroatoms. The van der Waals surface area contributed by atoms with Crippen molar-refractivity contribution in [1.82, 2.24) is 14.9 Å². The summed E-state index contributed by atoms with van der Waals surface area (Å²) in [5.74, 6) is -0.196. The van der Waals surface area contributed by atoms with E-state index < -0.39 is 0 Å². The second-order valence-corrected chi connectivity index (χ2v) is 7.75. The third kappa shape index (κ3) is 3.37. The zero-order chi connectivity index (χ0) is 20.5. The maximum absolute atomic E-state index is 12.8. The van der Waals surface area contributed by atoms with Crippen LogP contribution in [0.2, 0.25) is 0 Å². The minimum atomic E-state index is -0.116. The van der Waals surface area contributed by atoms with Crippen LogP contribution in [0.4, 0.5) is 0 Å². The number of carbonyl (C=O) groups is 1. The molecule has 5 nitrogen and oxygen atoms in total. The van der Waals surface area contributed by atoms with Gasteiger partial charge in [0.15, 0.2) is 0 Å². The predicted molar refractivity (Wildman–Crippen MR) is 115 cm³/mol. The van der Waals surface area contributed by atoms with Gasteiger partial charge in [-0.05, 0) is 47.4 Å². The first-order valence-electron chi connectivity index (χ1n) is 10.1. The van der Waals surface area contributed by atoms with Gasteiger partial charge in [0.1, 0.15) is 5.69 Å². The van der Waals surface area contributed by atoms with E-state index in [1.165, 1.54) is 11.1 Å². The average Bonchev–Trinajstić information content (AvgIpc) is 3.46. The van der Waals surface area contributed by atoms with Crippen molar-refractivity contribution < 1.29 is 4.79 Å². The SMILES string of the molecule is N#C[C@@H]1CCN(C(=O)c2cccc(-c3cnc4c(c3)C=C(c3ccccc3)C4)n2)C1. The number of pyridine rings is 2. The molecule has 1 amide bonds. The van der Waals surface area contributed by atoms with Gasteiger partial charge in [-0.1, -0.05) is 36.4 Å². The fourth-order valence-electron chi connectivity index (χ4n) is 4.11. The van der Waals surface area contributed by atoms with Crippen molar-refractivity contribution in [3.63, 3.8) is 0 Å².